The zero-order valence-electron chi connectivity index (χ0n) is 10.7. The van der Waals surface area contributed by atoms with Crippen LogP contribution in [-0.4, -0.2) is 16.7 Å². The van der Waals surface area contributed by atoms with E-state index in [0.717, 1.165) is 17.8 Å². The average Bonchev–Trinajstić information content (AvgIpc) is 2.39. The van der Waals surface area contributed by atoms with Crippen LogP contribution in [0, 0.1) is 6.92 Å². The zero-order chi connectivity index (χ0) is 13.0. The number of aromatic amines is 1. The van der Waals surface area contributed by atoms with Crippen molar-refractivity contribution in [1.82, 2.24) is 15.5 Å². The van der Waals surface area contributed by atoms with Gasteiger partial charge < -0.3 is 5.32 Å². The van der Waals surface area contributed by atoms with Crippen LogP contribution in [-0.2, 0) is 6.54 Å². The van der Waals surface area contributed by atoms with Crippen LogP contribution < -0.4 is 10.9 Å². The minimum Gasteiger partial charge on any atom is -0.313 e. The van der Waals surface area contributed by atoms with Gasteiger partial charge in [0.1, 0.15) is 0 Å². The second kappa shape index (κ2) is 5.60. The minimum atomic E-state index is -0.133. The van der Waals surface area contributed by atoms with Gasteiger partial charge in [-0.05, 0) is 19.5 Å². The molecule has 1 aromatic heterocycles. The summed E-state index contributed by atoms with van der Waals surface area (Å²) < 4.78 is 0. The van der Waals surface area contributed by atoms with Crippen molar-refractivity contribution >= 4 is 0 Å². The summed E-state index contributed by atoms with van der Waals surface area (Å²) in [6, 6.07) is 9.92. The van der Waals surface area contributed by atoms with Gasteiger partial charge in [0.2, 0.25) is 0 Å². The van der Waals surface area contributed by atoms with E-state index >= 15 is 0 Å². The average molecular weight is 243 g/mol. The summed E-state index contributed by atoms with van der Waals surface area (Å²) in [5.41, 5.74) is 3.59. The summed E-state index contributed by atoms with van der Waals surface area (Å²) in [4.78, 5) is 11.6. The second-order valence-electron chi connectivity index (χ2n) is 4.25. The van der Waals surface area contributed by atoms with Crippen molar-refractivity contribution in [3.8, 4) is 11.3 Å². The van der Waals surface area contributed by atoms with Gasteiger partial charge in [0.15, 0.2) is 0 Å². The van der Waals surface area contributed by atoms with Gasteiger partial charge in [0, 0.05) is 17.7 Å². The van der Waals surface area contributed by atoms with Crippen LogP contribution in [0.15, 0.2) is 35.1 Å². The number of nitrogens with one attached hydrogen (secondary N) is 2. The highest BCUT2D eigenvalue weighted by Gasteiger charge is 2.04. The normalized spacial score (nSPS) is 10.6. The van der Waals surface area contributed by atoms with Crippen LogP contribution in [0.5, 0.6) is 0 Å². The number of aromatic nitrogens is 2. The van der Waals surface area contributed by atoms with E-state index in [2.05, 4.69) is 15.5 Å². The predicted molar refractivity (Wildman–Crippen MR) is 72.4 cm³/mol. The van der Waals surface area contributed by atoms with E-state index < -0.39 is 0 Å². The molecule has 4 nitrogen and oxygen atoms in total. The van der Waals surface area contributed by atoms with Gasteiger partial charge in [-0.3, -0.25) is 4.79 Å². The van der Waals surface area contributed by atoms with Gasteiger partial charge in [-0.25, -0.2) is 5.10 Å². The van der Waals surface area contributed by atoms with E-state index in [4.69, 9.17) is 0 Å². The lowest BCUT2D eigenvalue weighted by Gasteiger charge is -2.04. The summed E-state index contributed by atoms with van der Waals surface area (Å²) in [6.45, 7) is 5.45. The number of aryl methyl sites for hydroxylation is 1. The highest BCUT2D eigenvalue weighted by atomic mass is 16.1. The second-order valence-corrected chi connectivity index (χ2v) is 4.25. The Kier molecular flexibility index (Phi) is 3.89. The maximum Gasteiger partial charge on any atom is 0.268 e. The Morgan fingerprint density at radius 2 is 2.00 bits per heavy atom. The lowest BCUT2D eigenvalue weighted by atomic mass is 10.1. The van der Waals surface area contributed by atoms with E-state index in [-0.39, 0.29) is 5.56 Å². The molecule has 2 aromatic rings. The van der Waals surface area contributed by atoms with E-state index in [0.29, 0.717) is 12.1 Å². The van der Waals surface area contributed by atoms with Gasteiger partial charge in [-0.2, -0.15) is 5.10 Å². The van der Waals surface area contributed by atoms with Crippen LogP contribution in [0.3, 0.4) is 0 Å². The Bertz CT molecular complexity index is 572. The molecule has 1 heterocycles. The first-order chi connectivity index (χ1) is 8.70. The van der Waals surface area contributed by atoms with Crippen molar-refractivity contribution in [3.63, 3.8) is 0 Å². The molecule has 2 N–H and O–H groups in total. The van der Waals surface area contributed by atoms with Gasteiger partial charge >= 0.3 is 0 Å². The van der Waals surface area contributed by atoms with E-state index in [1.165, 1.54) is 5.56 Å². The lowest BCUT2D eigenvalue weighted by molar-refractivity contribution is 0.715. The Morgan fingerprint density at radius 1 is 1.28 bits per heavy atom. The fourth-order valence-electron chi connectivity index (χ4n) is 1.71. The molecule has 0 aliphatic rings. The fourth-order valence-corrected chi connectivity index (χ4v) is 1.71. The van der Waals surface area contributed by atoms with Crippen molar-refractivity contribution in [1.29, 1.82) is 0 Å². The highest BCUT2D eigenvalue weighted by Crippen LogP contribution is 2.16. The van der Waals surface area contributed by atoms with Gasteiger partial charge in [0.05, 0.1) is 5.69 Å². The molecule has 0 radical (unpaired) electrons. The summed E-state index contributed by atoms with van der Waals surface area (Å²) in [7, 11) is 0. The Labute approximate surface area is 106 Å². The molecule has 0 aliphatic heterocycles. The SMILES string of the molecule is CCNCc1cc(-c2ccc(C)cc2)n[nH]c1=O. The summed E-state index contributed by atoms with van der Waals surface area (Å²) in [5, 5.41) is 9.77. The molecule has 18 heavy (non-hydrogen) atoms. The van der Waals surface area contributed by atoms with Crippen LogP contribution in [0.2, 0.25) is 0 Å². The number of nitrogens with zero attached hydrogens (tertiary/aromatic N) is 1. The number of hydrogen-bond donors (Lipinski definition) is 2. The van der Waals surface area contributed by atoms with Crippen molar-refractivity contribution in [2.45, 2.75) is 20.4 Å². The summed E-state index contributed by atoms with van der Waals surface area (Å²) in [5.74, 6) is 0. The molecule has 0 saturated carbocycles. The van der Waals surface area contributed by atoms with Gasteiger partial charge in [0.25, 0.3) is 5.56 Å². The van der Waals surface area contributed by atoms with Crippen molar-refractivity contribution in [3.05, 3.63) is 51.8 Å². The van der Waals surface area contributed by atoms with Crippen LogP contribution >= 0.6 is 0 Å². The monoisotopic (exact) mass is 243 g/mol. The largest absolute Gasteiger partial charge is 0.313 e. The maximum atomic E-state index is 11.6. The zero-order valence-corrected chi connectivity index (χ0v) is 10.7. The first kappa shape index (κ1) is 12.5. The molecule has 0 bridgehead atoms. The van der Waals surface area contributed by atoms with Crippen molar-refractivity contribution < 1.29 is 0 Å². The molecule has 0 fully saturated rings. The molecular formula is C14H17N3O. The first-order valence-electron chi connectivity index (χ1n) is 6.07. The van der Waals surface area contributed by atoms with Crippen molar-refractivity contribution in [2.24, 2.45) is 0 Å². The highest BCUT2D eigenvalue weighted by molar-refractivity contribution is 5.59. The minimum absolute atomic E-state index is 0.133. The van der Waals surface area contributed by atoms with Crippen LogP contribution in [0.4, 0.5) is 0 Å². The van der Waals surface area contributed by atoms with Crippen LogP contribution in [0.1, 0.15) is 18.1 Å². The van der Waals surface area contributed by atoms with E-state index in [9.17, 15) is 4.79 Å². The number of hydrogen-bond acceptors (Lipinski definition) is 3. The van der Waals surface area contributed by atoms with Gasteiger partial charge in [-0.15, -0.1) is 0 Å². The van der Waals surface area contributed by atoms with E-state index in [1.807, 2.05) is 44.2 Å². The molecular weight excluding hydrogens is 226 g/mol. The van der Waals surface area contributed by atoms with Gasteiger partial charge in [-0.1, -0.05) is 36.8 Å². The smallest absolute Gasteiger partial charge is 0.268 e. The summed E-state index contributed by atoms with van der Waals surface area (Å²) >= 11 is 0. The molecule has 1 aromatic carbocycles. The standard InChI is InChI=1S/C14H17N3O/c1-3-15-9-12-8-13(16-17-14(12)18)11-6-4-10(2)5-7-11/h4-8,15H,3,9H2,1-2H3,(H,17,18). The Balaban J connectivity index is 2.34. The predicted octanol–water partition coefficient (Wildman–Crippen LogP) is 1.85. The third-order valence-electron chi connectivity index (χ3n) is 2.79. The Morgan fingerprint density at radius 3 is 2.67 bits per heavy atom. The van der Waals surface area contributed by atoms with E-state index in [1.54, 1.807) is 0 Å². The first-order valence-corrected chi connectivity index (χ1v) is 6.07. The molecule has 0 atom stereocenters. The molecule has 0 amide bonds. The number of rotatable bonds is 4. The third kappa shape index (κ3) is 2.84. The summed E-state index contributed by atoms with van der Waals surface area (Å²) in [6.07, 6.45) is 0. The molecule has 4 heteroatoms. The molecule has 0 unspecified atom stereocenters. The topological polar surface area (TPSA) is 57.8 Å². The number of H-pyrrole nitrogens is 1. The molecule has 2 rings (SSSR count). The molecule has 0 spiro atoms. The fraction of sp³-hybridized carbons (Fsp3) is 0.286. The number of benzene rings is 1. The third-order valence-corrected chi connectivity index (χ3v) is 2.79. The van der Waals surface area contributed by atoms with Crippen molar-refractivity contribution in [2.75, 3.05) is 6.54 Å². The quantitative estimate of drug-likeness (QED) is 0.861. The molecule has 0 aliphatic carbocycles. The Hall–Kier alpha value is -1.94. The van der Waals surface area contributed by atoms with Crippen LogP contribution in [0.25, 0.3) is 11.3 Å². The maximum absolute atomic E-state index is 11.6. The molecule has 94 valence electrons. The molecule has 0 saturated heterocycles. The lowest BCUT2D eigenvalue weighted by Crippen LogP contribution is -2.21.